The molecule has 2 heterocycles. The van der Waals surface area contributed by atoms with Crippen molar-refractivity contribution in [1.82, 2.24) is 10.3 Å². The number of aromatic nitrogens is 1. The lowest BCUT2D eigenvalue weighted by Gasteiger charge is -2.31. The Labute approximate surface area is 176 Å². The van der Waals surface area contributed by atoms with Gasteiger partial charge in [0.15, 0.2) is 5.58 Å². The summed E-state index contributed by atoms with van der Waals surface area (Å²) in [6.07, 6.45) is 3.97. The van der Waals surface area contributed by atoms with E-state index in [9.17, 15) is 4.79 Å². The third-order valence-electron chi connectivity index (χ3n) is 6.28. The third-order valence-corrected chi connectivity index (χ3v) is 6.28. The zero-order valence-electron chi connectivity index (χ0n) is 17.2. The van der Waals surface area contributed by atoms with Gasteiger partial charge in [0.25, 0.3) is 6.01 Å². The molecule has 3 aromatic rings. The van der Waals surface area contributed by atoms with Crippen molar-refractivity contribution >= 4 is 23.0 Å². The topological polar surface area (TPSA) is 67.6 Å². The number of carbonyl (C=O) groups excluding carboxylic acids is 1. The number of benzene rings is 2. The first kappa shape index (κ1) is 19.0. The molecule has 1 aliphatic carbocycles. The molecule has 1 aliphatic heterocycles. The van der Waals surface area contributed by atoms with E-state index in [1.807, 2.05) is 36.4 Å². The van der Waals surface area contributed by atoms with E-state index >= 15 is 0 Å². The summed E-state index contributed by atoms with van der Waals surface area (Å²) in [5, 5.41) is 3.34. The first-order chi connectivity index (χ1) is 14.7. The molecule has 1 N–H and O–H groups in total. The van der Waals surface area contributed by atoms with Gasteiger partial charge in [-0.1, -0.05) is 24.3 Å². The first-order valence-corrected chi connectivity index (χ1v) is 10.8. The number of carbonyl (C=O) groups is 1. The van der Waals surface area contributed by atoms with Crippen LogP contribution in [0.2, 0.25) is 0 Å². The van der Waals surface area contributed by atoms with Gasteiger partial charge in [0.05, 0.1) is 13.2 Å². The Hall–Kier alpha value is -3.02. The predicted molar refractivity (Wildman–Crippen MR) is 116 cm³/mol. The van der Waals surface area contributed by atoms with Crippen LogP contribution in [0, 0.1) is 11.8 Å². The summed E-state index contributed by atoms with van der Waals surface area (Å²) in [6, 6.07) is 16.6. The number of hydrogen-bond donors (Lipinski definition) is 1. The quantitative estimate of drug-likeness (QED) is 0.662. The van der Waals surface area contributed by atoms with Gasteiger partial charge in [0, 0.05) is 19.0 Å². The van der Waals surface area contributed by atoms with E-state index < -0.39 is 0 Å². The molecule has 0 spiro atoms. The van der Waals surface area contributed by atoms with Gasteiger partial charge in [-0.15, -0.1) is 0 Å². The number of oxazole rings is 1. The summed E-state index contributed by atoms with van der Waals surface area (Å²) in [7, 11) is 1.67. The van der Waals surface area contributed by atoms with Gasteiger partial charge in [-0.25, -0.2) is 0 Å². The number of amides is 1. The average molecular weight is 405 g/mol. The number of nitrogens with zero attached hydrogens (tertiary/aromatic N) is 2. The van der Waals surface area contributed by atoms with E-state index in [-0.39, 0.29) is 17.9 Å². The molecule has 1 saturated carbocycles. The average Bonchev–Trinajstić information content (AvgIpc) is 3.55. The minimum atomic E-state index is 0.0325. The summed E-state index contributed by atoms with van der Waals surface area (Å²) in [4.78, 5) is 19.8. The van der Waals surface area contributed by atoms with Gasteiger partial charge in [0.1, 0.15) is 11.3 Å². The highest BCUT2D eigenvalue weighted by Gasteiger charge is 2.35. The highest BCUT2D eigenvalue weighted by atomic mass is 16.5. The van der Waals surface area contributed by atoms with Crippen LogP contribution in [0.15, 0.2) is 52.9 Å². The molecule has 1 aromatic heterocycles. The van der Waals surface area contributed by atoms with Gasteiger partial charge < -0.3 is 19.4 Å². The second-order valence-corrected chi connectivity index (χ2v) is 8.32. The number of rotatable bonds is 6. The van der Waals surface area contributed by atoms with Gasteiger partial charge in [-0.2, -0.15) is 4.98 Å². The fourth-order valence-corrected chi connectivity index (χ4v) is 4.31. The van der Waals surface area contributed by atoms with Crippen LogP contribution in [0.25, 0.3) is 11.1 Å². The molecule has 1 amide bonds. The highest BCUT2D eigenvalue weighted by Crippen LogP contribution is 2.41. The van der Waals surface area contributed by atoms with Gasteiger partial charge >= 0.3 is 0 Å². The molecule has 30 heavy (non-hydrogen) atoms. The Kier molecular flexibility index (Phi) is 5.07. The Bertz CT molecular complexity index is 985. The number of fused-ring (bicyclic) bond motifs is 1. The lowest BCUT2D eigenvalue weighted by Crippen LogP contribution is -2.42. The van der Waals surface area contributed by atoms with E-state index in [0.717, 1.165) is 48.3 Å². The summed E-state index contributed by atoms with van der Waals surface area (Å²) >= 11 is 0. The van der Waals surface area contributed by atoms with Crippen molar-refractivity contribution in [3.63, 3.8) is 0 Å². The summed E-state index contributed by atoms with van der Waals surface area (Å²) in [5.41, 5.74) is 2.84. The zero-order valence-corrected chi connectivity index (χ0v) is 17.2. The monoisotopic (exact) mass is 405 g/mol. The largest absolute Gasteiger partial charge is 0.497 e. The van der Waals surface area contributed by atoms with Crippen molar-refractivity contribution < 1.29 is 13.9 Å². The maximum Gasteiger partial charge on any atom is 0.298 e. The number of hydrogen-bond acceptors (Lipinski definition) is 5. The van der Waals surface area contributed by atoms with Gasteiger partial charge in [0.2, 0.25) is 5.91 Å². The lowest BCUT2D eigenvalue weighted by molar-refractivity contribution is -0.126. The molecule has 0 radical (unpaired) electrons. The van der Waals surface area contributed by atoms with Crippen LogP contribution in [-0.2, 0) is 4.79 Å². The maximum atomic E-state index is 13.0. The molecule has 1 saturated heterocycles. The zero-order chi connectivity index (χ0) is 20.5. The van der Waals surface area contributed by atoms with E-state index in [1.54, 1.807) is 7.11 Å². The molecule has 0 bridgehead atoms. The van der Waals surface area contributed by atoms with Crippen LogP contribution < -0.4 is 15.0 Å². The molecular formula is C24H27N3O3. The molecule has 156 valence electrons. The number of piperidine rings is 1. The third kappa shape index (κ3) is 3.86. The van der Waals surface area contributed by atoms with E-state index in [4.69, 9.17) is 9.15 Å². The molecule has 6 heteroatoms. The van der Waals surface area contributed by atoms with Gasteiger partial charge in [-0.3, -0.25) is 4.79 Å². The number of methoxy groups -OCH3 is 1. The van der Waals surface area contributed by atoms with Crippen molar-refractivity contribution in [1.29, 1.82) is 0 Å². The minimum absolute atomic E-state index is 0.0325. The Balaban J connectivity index is 1.21. The first-order valence-electron chi connectivity index (χ1n) is 10.8. The maximum absolute atomic E-state index is 13.0. The Morgan fingerprint density at radius 1 is 1.10 bits per heavy atom. The van der Waals surface area contributed by atoms with Crippen LogP contribution in [0.5, 0.6) is 5.75 Å². The molecular weight excluding hydrogens is 378 g/mol. The Morgan fingerprint density at radius 2 is 1.83 bits per heavy atom. The SMILES string of the molecule is COc1ccc(C(NC(=O)C2CCN(c3nc4ccccc4o3)CC2)C2CC2)cc1. The molecule has 5 rings (SSSR count). The van der Waals surface area contributed by atoms with Crippen LogP contribution in [0.4, 0.5) is 6.01 Å². The molecule has 2 aromatic carbocycles. The highest BCUT2D eigenvalue weighted by molar-refractivity contribution is 5.79. The fourth-order valence-electron chi connectivity index (χ4n) is 4.31. The van der Waals surface area contributed by atoms with Crippen LogP contribution >= 0.6 is 0 Å². The molecule has 2 aliphatic rings. The minimum Gasteiger partial charge on any atom is -0.497 e. The summed E-state index contributed by atoms with van der Waals surface area (Å²) in [5.74, 6) is 1.58. The fraction of sp³-hybridized carbons (Fsp3) is 0.417. The number of anilines is 1. The number of ether oxygens (including phenoxy) is 1. The van der Waals surface area contributed by atoms with Crippen molar-refractivity contribution in [2.75, 3.05) is 25.1 Å². The van der Waals surface area contributed by atoms with Crippen molar-refractivity contribution in [3.8, 4) is 5.75 Å². The van der Waals surface area contributed by atoms with E-state index in [0.29, 0.717) is 11.9 Å². The molecule has 1 atom stereocenters. The normalized spacial score (nSPS) is 18.4. The smallest absolute Gasteiger partial charge is 0.298 e. The molecule has 1 unspecified atom stereocenters. The van der Waals surface area contributed by atoms with Crippen molar-refractivity contribution in [2.45, 2.75) is 31.7 Å². The van der Waals surface area contributed by atoms with Crippen LogP contribution in [0.3, 0.4) is 0 Å². The van der Waals surface area contributed by atoms with E-state index in [2.05, 4.69) is 27.3 Å². The second kappa shape index (κ2) is 8.01. The van der Waals surface area contributed by atoms with Gasteiger partial charge in [-0.05, 0) is 61.4 Å². The summed E-state index contributed by atoms with van der Waals surface area (Å²) in [6.45, 7) is 1.56. The number of nitrogens with one attached hydrogen (secondary N) is 1. The van der Waals surface area contributed by atoms with E-state index in [1.165, 1.54) is 12.8 Å². The second-order valence-electron chi connectivity index (χ2n) is 8.32. The predicted octanol–water partition coefficient (Wildman–Crippen LogP) is 4.32. The lowest BCUT2D eigenvalue weighted by atomic mass is 9.94. The summed E-state index contributed by atoms with van der Waals surface area (Å²) < 4.78 is 11.2. The molecule has 2 fully saturated rings. The standard InChI is InChI=1S/C24H27N3O3/c1-29-19-10-8-17(9-11-19)22(16-6-7-16)26-23(28)18-12-14-27(15-13-18)24-25-20-4-2-3-5-21(20)30-24/h2-5,8-11,16,18,22H,6-7,12-15H2,1H3,(H,26,28). The van der Waals surface area contributed by atoms with Crippen LogP contribution in [-0.4, -0.2) is 31.1 Å². The number of para-hydroxylation sites is 2. The van der Waals surface area contributed by atoms with Crippen molar-refractivity contribution in [3.05, 3.63) is 54.1 Å². The van der Waals surface area contributed by atoms with Crippen LogP contribution in [0.1, 0.15) is 37.3 Å². The van der Waals surface area contributed by atoms with Crippen molar-refractivity contribution in [2.24, 2.45) is 11.8 Å². The Morgan fingerprint density at radius 3 is 2.50 bits per heavy atom. The molecule has 6 nitrogen and oxygen atoms in total.